The van der Waals surface area contributed by atoms with Crippen molar-refractivity contribution in [3.63, 3.8) is 0 Å². The molecule has 2 rings (SSSR count). The number of thioether (sulfide) groups is 1. The maximum atomic E-state index is 11.4. The summed E-state index contributed by atoms with van der Waals surface area (Å²) in [4.78, 5) is 19.9. The van der Waals surface area contributed by atoms with Gasteiger partial charge in [0.1, 0.15) is 5.78 Å². The second kappa shape index (κ2) is 5.43. The Labute approximate surface area is 100 Å². The minimum Gasteiger partial charge on any atom is -0.299 e. The number of carbonyl (C=O) groups is 1. The number of aryl methyl sites for hydroxylation is 1. The van der Waals surface area contributed by atoms with E-state index in [1.807, 2.05) is 19.3 Å². The summed E-state index contributed by atoms with van der Waals surface area (Å²) in [6.45, 7) is 1.98. The van der Waals surface area contributed by atoms with E-state index >= 15 is 0 Å². The van der Waals surface area contributed by atoms with E-state index < -0.39 is 0 Å². The lowest BCUT2D eigenvalue weighted by Crippen LogP contribution is -2.07. The number of hydrogen-bond acceptors (Lipinski definition) is 4. The highest BCUT2D eigenvalue weighted by molar-refractivity contribution is 7.99. The van der Waals surface area contributed by atoms with Gasteiger partial charge in [0, 0.05) is 30.5 Å². The van der Waals surface area contributed by atoms with E-state index in [2.05, 4.69) is 9.97 Å². The first kappa shape index (κ1) is 11.6. The minimum absolute atomic E-state index is 0.304. The largest absolute Gasteiger partial charge is 0.299 e. The van der Waals surface area contributed by atoms with Crippen LogP contribution in [0.5, 0.6) is 0 Å². The molecule has 4 heteroatoms. The van der Waals surface area contributed by atoms with Gasteiger partial charge in [-0.05, 0) is 31.7 Å². The lowest BCUT2D eigenvalue weighted by atomic mass is 10.1. The van der Waals surface area contributed by atoms with Crippen LogP contribution in [0.1, 0.15) is 31.2 Å². The highest BCUT2D eigenvalue weighted by Gasteiger charge is 2.23. The number of hydrogen-bond donors (Lipinski definition) is 0. The molecule has 1 atom stereocenters. The lowest BCUT2D eigenvalue weighted by Gasteiger charge is -2.06. The molecule has 1 aliphatic carbocycles. The standard InChI is InChI=1S/C12H16N2OS/c1-9-7-13-12(14-8-9)16-6-5-10-3-2-4-11(10)15/h7-8,10H,2-6H2,1H3. The Morgan fingerprint density at radius 3 is 2.81 bits per heavy atom. The zero-order valence-electron chi connectivity index (χ0n) is 9.48. The van der Waals surface area contributed by atoms with Crippen LogP contribution in [0.4, 0.5) is 0 Å². The quantitative estimate of drug-likeness (QED) is 0.595. The van der Waals surface area contributed by atoms with E-state index in [1.54, 1.807) is 11.8 Å². The molecular weight excluding hydrogens is 220 g/mol. The van der Waals surface area contributed by atoms with Gasteiger partial charge in [0.05, 0.1) is 0 Å². The van der Waals surface area contributed by atoms with Gasteiger partial charge in [0.25, 0.3) is 0 Å². The van der Waals surface area contributed by atoms with Crippen LogP contribution in [0.2, 0.25) is 0 Å². The Morgan fingerprint density at radius 1 is 1.44 bits per heavy atom. The van der Waals surface area contributed by atoms with E-state index in [1.165, 1.54) is 0 Å². The van der Waals surface area contributed by atoms with E-state index in [0.29, 0.717) is 11.7 Å². The van der Waals surface area contributed by atoms with E-state index in [0.717, 1.165) is 42.2 Å². The van der Waals surface area contributed by atoms with Crippen LogP contribution < -0.4 is 0 Å². The third-order valence-electron chi connectivity index (χ3n) is 2.89. The topological polar surface area (TPSA) is 42.9 Å². The molecule has 0 aliphatic heterocycles. The maximum absolute atomic E-state index is 11.4. The Kier molecular flexibility index (Phi) is 3.93. The first-order valence-electron chi connectivity index (χ1n) is 5.70. The Hall–Kier alpha value is -0.900. The van der Waals surface area contributed by atoms with E-state index in [-0.39, 0.29) is 0 Å². The molecule has 1 aromatic rings. The van der Waals surface area contributed by atoms with Gasteiger partial charge < -0.3 is 0 Å². The van der Waals surface area contributed by atoms with Crippen molar-refractivity contribution in [2.24, 2.45) is 5.92 Å². The van der Waals surface area contributed by atoms with Gasteiger partial charge in [-0.2, -0.15) is 0 Å². The molecule has 1 aliphatic rings. The van der Waals surface area contributed by atoms with Gasteiger partial charge >= 0.3 is 0 Å². The summed E-state index contributed by atoms with van der Waals surface area (Å²) in [5.74, 6) is 1.70. The second-order valence-corrected chi connectivity index (χ2v) is 5.30. The van der Waals surface area contributed by atoms with Crippen molar-refractivity contribution in [1.29, 1.82) is 0 Å². The molecule has 1 heterocycles. The highest BCUT2D eigenvalue weighted by atomic mass is 32.2. The molecule has 0 aromatic carbocycles. The predicted octanol–water partition coefficient (Wildman–Crippen LogP) is 2.64. The van der Waals surface area contributed by atoms with Crippen molar-refractivity contribution < 1.29 is 4.79 Å². The Morgan fingerprint density at radius 2 is 2.19 bits per heavy atom. The van der Waals surface area contributed by atoms with Crippen molar-refractivity contribution in [3.05, 3.63) is 18.0 Å². The number of carbonyl (C=O) groups excluding carboxylic acids is 1. The highest BCUT2D eigenvalue weighted by Crippen LogP contribution is 2.26. The first-order chi connectivity index (χ1) is 7.75. The van der Waals surface area contributed by atoms with Crippen LogP contribution in [0.15, 0.2) is 17.6 Å². The lowest BCUT2D eigenvalue weighted by molar-refractivity contribution is -0.120. The van der Waals surface area contributed by atoms with E-state index in [9.17, 15) is 4.79 Å². The monoisotopic (exact) mass is 236 g/mol. The van der Waals surface area contributed by atoms with Gasteiger partial charge in [0.15, 0.2) is 5.16 Å². The molecule has 1 unspecified atom stereocenters. The maximum Gasteiger partial charge on any atom is 0.187 e. The molecule has 0 amide bonds. The first-order valence-corrected chi connectivity index (χ1v) is 6.68. The molecular formula is C12H16N2OS. The van der Waals surface area contributed by atoms with Crippen LogP contribution in [0, 0.1) is 12.8 Å². The van der Waals surface area contributed by atoms with Gasteiger partial charge in [-0.15, -0.1) is 0 Å². The summed E-state index contributed by atoms with van der Waals surface area (Å²) >= 11 is 1.64. The molecule has 0 spiro atoms. The van der Waals surface area contributed by atoms with Gasteiger partial charge in [0.2, 0.25) is 0 Å². The van der Waals surface area contributed by atoms with Crippen molar-refractivity contribution in [2.45, 2.75) is 37.8 Å². The molecule has 1 fully saturated rings. The fourth-order valence-corrected chi connectivity index (χ4v) is 2.78. The molecule has 0 bridgehead atoms. The van der Waals surface area contributed by atoms with Crippen LogP contribution in [-0.4, -0.2) is 21.5 Å². The van der Waals surface area contributed by atoms with Crippen molar-refractivity contribution >= 4 is 17.5 Å². The number of ketones is 1. The second-order valence-electron chi connectivity index (χ2n) is 4.24. The van der Waals surface area contributed by atoms with Crippen molar-refractivity contribution in [1.82, 2.24) is 9.97 Å². The molecule has 0 radical (unpaired) electrons. The summed E-state index contributed by atoms with van der Waals surface area (Å²) in [7, 11) is 0. The van der Waals surface area contributed by atoms with E-state index in [4.69, 9.17) is 0 Å². The molecule has 1 aromatic heterocycles. The fourth-order valence-electron chi connectivity index (χ4n) is 1.94. The molecule has 86 valence electrons. The average Bonchev–Trinajstić information content (AvgIpc) is 2.68. The normalized spacial score (nSPS) is 20.3. The smallest absolute Gasteiger partial charge is 0.187 e. The van der Waals surface area contributed by atoms with Gasteiger partial charge in [-0.3, -0.25) is 4.79 Å². The van der Waals surface area contributed by atoms with Gasteiger partial charge in [-0.25, -0.2) is 9.97 Å². The Bertz CT molecular complexity index is 364. The number of rotatable bonds is 4. The van der Waals surface area contributed by atoms with Crippen molar-refractivity contribution in [2.75, 3.05) is 5.75 Å². The summed E-state index contributed by atoms with van der Waals surface area (Å²) in [6.07, 6.45) is 7.58. The third-order valence-corrected chi connectivity index (χ3v) is 3.79. The van der Waals surface area contributed by atoms with Gasteiger partial charge in [-0.1, -0.05) is 11.8 Å². The molecule has 0 saturated heterocycles. The zero-order valence-corrected chi connectivity index (χ0v) is 10.3. The molecule has 1 saturated carbocycles. The fraction of sp³-hybridized carbons (Fsp3) is 0.583. The van der Waals surface area contributed by atoms with Crippen molar-refractivity contribution in [3.8, 4) is 0 Å². The average molecular weight is 236 g/mol. The summed E-state index contributed by atoms with van der Waals surface area (Å²) in [6, 6.07) is 0. The summed E-state index contributed by atoms with van der Waals surface area (Å²) < 4.78 is 0. The summed E-state index contributed by atoms with van der Waals surface area (Å²) in [5.41, 5.74) is 1.08. The molecule has 0 N–H and O–H groups in total. The number of aromatic nitrogens is 2. The third kappa shape index (κ3) is 3.04. The number of Topliss-reactive ketones (excluding diaryl/α,β-unsaturated/α-hetero) is 1. The van der Waals surface area contributed by atoms with Crippen LogP contribution >= 0.6 is 11.8 Å². The van der Waals surface area contributed by atoms with Crippen LogP contribution in [0.3, 0.4) is 0 Å². The number of nitrogens with zero attached hydrogens (tertiary/aromatic N) is 2. The van der Waals surface area contributed by atoms with Crippen LogP contribution in [0.25, 0.3) is 0 Å². The SMILES string of the molecule is Cc1cnc(SCCC2CCCC2=O)nc1. The summed E-state index contributed by atoms with van der Waals surface area (Å²) in [5, 5.41) is 0.816. The minimum atomic E-state index is 0.304. The predicted molar refractivity (Wildman–Crippen MR) is 64.5 cm³/mol. The van der Waals surface area contributed by atoms with Crippen LogP contribution in [-0.2, 0) is 4.79 Å². The Balaban J connectivity index is 1.75. The molecule has 16 heavy (non-hydrogen) atoms. The molecule has 3 nitrogen and oxygen atoms in total. The zero-order chi connectivity index (χ0) is 11.4.